The molecule has 2 nitrogen and oxygen atoms in total. The van der Waals surface area contributed by atoms with Crippen LogP contribution >= 0.6 is 0 Å². The molecular weight excluding hydrogens is 174 g/mol. The van der Waals surface area contributed by atoms with Gasteiger partial charge in [-0.25, -0.2) is 0 Å². The molecule has 2 unspecified atom stereocenters. The summed E-state index contributed by atoms with van der Waals surface area (Å²) in [5.74, 6) is 1.41. The average molecular weight is 197 g/mol. The van der Waals surface area contributed by atoms with E-state index in [0.29, 0.717) is 11.8 Å². The van der Waals surface area contributed by atoms with Crippen LogP contribution in [-0.4, -0.2) is 19.8 Å². The van der Waals surface area contributed by atoms with Gasteiger partial charge in [0, 0.05) is 0 Å². The van der Waals surface area contributed by atoms with E-state index in [9.17, 15) is 0 Å². The topological polar surface area (TPSA) is 35.2 Å². The molecule has 0 saturated heterocycles. The molecule has 1 aliphatic carbocycles. The van der Waals surface area contributed by atoms with Gasteiger partial charge in [-0.05, 0) is 38.1 Å². The van der Waals surface area contributed by atoms with Gasteiger partial charge in [0.1, 0.15) is 0 Å². The standard InChI is InChI=1S/C12H23NO/c1-2-3-8-14-10-12-7-5-4-6-11(12)9-13/h2-3,11-12H,4-10,13H2,1H3. The molecule has 82 valence electrons. The molecule has 0 aliphatic heterocycles. The minimum atomic E-state index is 0.703. The first-order chi connectivity index (χ1) is 6.88. The van der Waals surface area contributed by atoms with Crippen molar-refractivity contribution >= 4 is 0 Å². The summed E-state index contributed by atoms with van der Waals surface area (Å²) >= 11 is 0. The zero-order chi connectivity index (χ0) is 10.2. The normalized spacial score (nSPS) is 28.4. The van der Waals surface area contributed by atoms with E-state index in [1.54, 1.807) is 0 Å². The number of hydrogen-bond acceptors (Lipinski definition) is 2. The van der Waals surface area contributed by atoms with Crippen molar-refractivity contribution in [2.75, 3.05) is 19.8 Å². The average Bonchev–Trinajstić information content (AvgIpc) is 2.25. The van der Waals surface area contributed by atoms with E-state index in [1.807, 2.05) is 13.0 Å². The molecule has 1 fully saturated rings. The van der Waals surface area contributed by atoms with E-state index in [-0.39, 0.29) is 0 Å². The van der Waals surface area contributed by atoms with Crippen LogP contribution in [0.2, 0.25) is 0 Å². The van der Waals surface area contributed by atoms with Gasteiger partial charge in [0.05, 0.1) is 13.2 Å². The lowest BCUT2D eigenvalue weighted by Gasteiger charge is -2.30. The van der Waals surface area contributed by atoms with E-state index in [1.165, 1.54) is 25.7 Å². The van der Waals surface area contributed by atoms with Gasteiger partial charge in [0.25, 0.3) is 0 Å². The van der Waals surface area contributed by atoms with Gasteiger partial charge in [-0.2, -0.15) is 0 Å². The van der Waals surface area contributed by atoms with Crippen molar-refractivity contribution in [2.24, 2.45) is 17.6 Å². The Bertz CT molecular complexity index is 168. The van der Waals surface area contributed by atoms with Crippen LogP contribution in [0, 0.1) is 11.8 Å². The minimum Gasteiger partial charge on any atom is -0.377 e. The number of allylic oxidation sites excluding steroid dienone is 1. The molecular formula is C12H23NO. The lowest BCUT2D eigenvalue weighted by Crippen LogP contribution is -2.29. The molecule has 0 aromatic heterocycles. The highest BCUT2D eigenvalue weighted by molar-refractivity contribution is 4.78. The second kappa shape index (κ2) is 7.02. The minimum absolute atomic E-state index is 0.703. The zero-order valence-corrected chi connectivity index (χ0v) is 9.24. The molecule has 2 N–H and O–H groups in total. The quantitative estimate of drug-likeness (QED) is 0.542. The number of rotatable bonds is 5. The summed E-state index contributed by atoms with van der Waals surface area (Å²) in [6.07, 6.45) is 9.40. The Balaban J connectivity index is 2.19. The maximum absolute atomic E-state index is 5.75. The van der Waals surface area contributed by atoms with Crippen LogP contribution in [-0.2, 0) is 4.74 Å². The molecule has 0 spiro atoms. The van der Waals surface area contributed by atoms with E-state index in [0.717, 1.165) is 19.8 Å². The van der Waals surface area contributed by atoms with Crippen LogP contribution in [0.3, 0.4) is 0 Å². The zero-order valence-electron chi connectivity index (χ0n) is 9.24. The van der Waals surface area contributed by atoms with E-state index in [4.69, 9.17) is 10.5 Å². The van der Waals surface area contributed by atoms with Crippen molar-refractivity contribution in [3.8, 4) is 0 Å². The molecule has 0 aromatic rings. The lowest BCUT2D eigenvalue weighted by molar-refractivity contribution is 0.0771. The fourth-order valence-corrected chi connectivity index (χ4v) is 2.20. The Kier molecular flexibility index (Phi) is 5.88. The van der Waals surface area contributed by atoms with Crippen molar-refractivity contribution in [1.29, 1.82) is 0 Å². The Labute approximate surface area is 87.5 Å². The van der Waals surface area contributed by atoms with E-state index >= 15 is 0 Å². The highest BCUT2D eigenvalue weighted by atomic mass is 16.5. The smallest absolute Gasteiger partial charge is 0.0647 e. The van der Waals surface area contributed by atoms with Crippen LogP contribution in [0.5, 0.6) is 0 Å². The Morgan fingerprint density at radius 1 is 1.29 bits per heavy atom. The van der Waals surface area contributed by atoms with E-state index < -0.39 is 0 Å². The fraction of sp³-hybridized carbons (Fsp3) is 0.833. The molecule has 0 bridgehead atoms. The number of ether oxygens (including phenoxy) is 1. The lowest BCUT2D eigenvalue weighted by atomic mass is 9.80. The third kappa shape index (κ3) is 3.81. The molecule has 0 amide bonds. The molecule has 0 aromatic carbocycles. The van der Waals surface area contributed by atoms with Crippen LogP contribution in [0.15, 0.2) is 12.2 Å². The van der Waals surface area contributed by atoms with Gasteiger partial charge >= 0.3 is 0 Å². The van der Waals surface area contributed by atoms with Gasteiger partial charge in [-0.3, -0.25) is 0 Å². The van der Waals surface area contributed by atoms with Crippen LogP contribution in [0.1, 0.15) is 32.6 Å². The van der Waals surface area contributed by atoms with Crippen molar-refractivity contribution in [2.45, 2.75) is 32.6 Å². The van der Waals surface area contributed by atoms with Crippen molar-refractivity contribution in [3.63, 3.8) is 0 Å². The number of hydrogen-bond donors (Lipinski definition) is 1. The summed E-state index contributed by atoms with van der Waals surface area (Å²) in [4.78, 5) is 0. The van der Waals surface area contributed by atoms with Crippen molar-refractivity contribution < 1.29 is 4.74 Å². The first kappa shape index (κ1) is 11.7. The third-order valence-electron chi connectivity index (χ3n) is 3.15. The van der Waals surface area contributed by atoms with Crippen LogP contribution < -0.4 is 5.73 Å². The molecule has 2 atom stereocenters. The molecule has 2 heteroatoms. The fourth-order valence-electron chi connectivity index (χ4n) is 2.20. The van der Waals surface area contributed by atoms with Crippen molar-refractivity contribution in [3.05, 3.63) is 12.2 Å². The largest absolute Gasteiger partial charge is 0.377 e. The SMILES string of the molecule is CC=CCOCC1CCCCC1CN. The molecule has 14 heavy (non-hydrogen) atoms. The molecule has 1 saturated carbocycles. The second-order valence-corrected chi connectivity index (χ2v) is 4.15. The Morgan fingerprint density at radius 2 is 2.00 bits per heavy atom. The third-order valence-corrected chi connectivity index (χ3v) is 3.15. The summed E-state index contributed by atoms with van der Waals surface area (Å²) in [7, 11) is 0. The first-order valence-electron chi connectivity index (χ1n) is 5.77. The molecule has 0 radical (unpaired) electrons. The van der Waals surface area contributed by atoms with Gasteiger partial charge in [0.15, 0.2) is 0 Å². The van der Waals surface area contributed by atoms with Crippen LogP contribution in [0.4, 0.5) is 0 Å². The molecule has 1 rings (SSSR count). The maximum Gasteiger partial charge on any atom is 0.0647 e. The van der Waals surface area contributed by atoms with Gasteiger partial charge in [-0.15, -0.1) is 0 Å². The van der Waals surface area contributed by atoms with Crippen LogP contribution in [0.25, 0.3) is 0 Å². The second-order valence-electron chi connectivity index (χ2n) is 4.15. The Morgan fingerprint density at radius 3 is 2.64 bits per heavy atom. The predicted molar refractivity (Wildman–Crippen MR) is 60.1 cm³/mol. The van der Waals surface area contributed by atoms with Gasteiger partial charge < -0.3 is 10.5 Å². The summed E-state index contributed by atoms with van der Waals surface area (Å²) in [5, 5.41) is 0. The summed E-state index contributed by atoms with van der Waals surface area (Å²) in [6.45, 7) is 4.50. The van der Waals surface area contributed by atoms with Gasteiger partial charge in [-0.1, -0.05) is 25.0 Å². The first-order valence-corrected chi connectivity index (χ1v) is 5.77. The highest BCUT2D eigenvalue weighted by Gasteiger charge is 2.23. The molecule has 1 aliphatic rings. The highest BCUT2D eigenvalue weighted by Crippen LogP contribution is 2.29. The maximum atomic E-state index is 5.75. The number of nitrogens with two attached hydrogens (primary N) is 1. The van der Waals surface area contributed by atoms with Crippen molar-refractivity contribution in [1.82, 2.24) is 0 Å². The van der Waals surface area contributed by atoms with Gasteiger partial charge in [0.2, 0.25) is 0 Å². The summed E-state index contributed by atoms with van der Waals surface area (Å²) in [6, 6.07) is 0. The Hall–Kier alpha value is -0.340. The monoisotopic (exact) mass is 197 g/mol. The molecule has 0 heterocycles. The summed E-state index contributed by atoms with van der Waals surface area (Å²) in [5.41, 5.74) is 5.75. The predicted octanol–water partition coefficient (Wildman–Crippen LogP) is 2.34. The van der Waals surface area contributed by atoms with E-state index in [2.05, 4.69) is 6.08 Å². The summed E-state index contributed by atoms with van der Waals surface area (Å²) < 4.78 is 5.60.